The molecule has 2 amide bonds. The standard InChI is InChI=1S/C23H24N4O3/c1-25-10-11-26-13-18(23(25)29)21-17-4-2-3-5-19(17)27(20(21)14-26)12-15-6-8-16(9-7-15)22(28)24-30/h2-9,18,30H,10-14H2,1H3,(H,24,28). The van der Waals surface area contributed by atoms with Gasteiger partial charge in [0, 0.05) is 61.9 Å². The Kier molecular flexibility index (Phi) is 4.56. The first-order chi connectivity index (χ1) is 14.6. The zero-order valence-corrected chi connectivity index (χ0v) is 16.8. The lowest BCUT2D eigenvalue weighted by Gasteiger charge is -2.30. The van der Waals surface area contributed by atoms with Gasteiger partial charge in [-0.2, -0.15) is 0 Å². The molecule has 2 bridgehead atoms. The van der Waals surface area contributed by atoms with Gasteiger partial charge in [-0.15, -0.1) is 0 Å². The Morgan fingerprint density at radius 2 is 1.90 bits per heavy atom. The number of para-hydroxylation sites is 1. The van der Waals surface area contributed by atoms with Crippen molar-refractivity contribution >= 4 is 22.7 Å². The highest BCUT2D eigenvalue weighted by atomic mass is 16.5. The van der Waals surface area contributed by atoms with Gasteiger partial charge in [-0.25, -0.2) is 5.48 Å². The predicted molar refractivity (Wildman–Crippen MR) is 112 cm³/mol. The molecule has 30 heavy (non-hydrogen) atoms. The third-order valence-electron chi connectivity index (χ3n) is 6.37. The lowest BCUT2D eigenvalue weighted by molar-refractivity contribution is -0.130. The normalized spacial score (nSPS) is 20.7. The molecular formula is C23H24N4O3. The molecule has 0 spiro atoms. The van der Waals surface area contributed by atoms with Crippen LogP contribution in [0.2, 0.25) is 0 Å². The molecule has 2 aliphatic rings. The van der Waals surface area contributed by atoms with E-state index in [2.05, 4.69) is 21.6 Å². The van der Waals surface area contributed by atoms with Crippen molar-refractivity contribution in [2.24, 2.45) is 0 Å². The van der Waals surface area contributed by atoms with Crippen LogP contribution in [0.3, 0.4) is 0 Å². The first-order valence-electron chi connectivity index (χ1n) is 10.2. The summed E-state index contributed by atoms with van der Waals surface area (Å²) in [5.74, 6) is -0.464. The maximum Gasteiger partial charge on any atom is 0.274 e. The highest BCUT2D eigenvalue weighted by molar-refractivity contribution is 5.95. The van der Waals surface area contributed by atoms with Gasteiger partial charge in [-0.1, -0.05) is 30.3 Å². The summed E-state index contributed by atoms with van der Waals surface area (Å²) in [4.78, 5) is 28.9. The fraction of sp³-hybridized carbons (Fsp3) is 0.304. The number of hydrogen-bond donors (Lipinski definition) is 2. The molecule has 0 aliphatic carbocycles. The van der Waals surface area contributed by atoms with E-state index in [1.165, 1.54) is 5.69 Å². The van der Waals surface area contributed by atoms with Crippen molar-refractivity contribution in [1.29, 1.82) is 0 Å². The minimum Gasteiger partial charge on any atom is -0.344 e. The summed E-state index contributed by atoms with van der Waals surface area (Å²) in [5.41, 5.74) is 6.62. The van der Waals surface area contributed by atoms with Gasteiger partial charge < -0.3 is 9.47 Å². The van der Waals surface area contributed by atoms with Crippen molar-refractivity contribution in [3.05, 3.63) is 70.9 Å². The number of nitrogens with one attached hydrogen (secondary N) is 1. The lowest BCUT2D eigenvalue weighted by atomic mass is 9.91. The Labute approximate surface area is 174 Å². The van der Waals surface area contributed by atoms with Crippen LogP contribution in [0.1, 0.15) is 33.1 Å². The Balaban J connectivity index is 1.60. The molecule has 2 N–H and O–H groups in total. The van der Waals surface area contributed by atoms with E-state index in [1.54, 1.807) is 17.6 Å². The van der Waals surface area contributed by atoms with E-state index in [1.807, 2.05) is 36.2 Å². The van der Waals surface area contributed by atoms with E-state index in [0.29, 0.717) is 12.1 Å². The van der Waals surface area contributed by atoms with E-state index >= 15 is 0 Å². The zero-order valence-electron chi connectivity index (χ0n) is 16.8. The molecule has 7 nitrogen and oxygen atoms in total. The molecule has 1 fully saturated rings. The number of hydroxylamine groups is 1. The fourth-order valence-corrected chi connectivity index (χ4v) is 4.80. The topological polar surface area (TPSA) is 77.8 Å². The maximum absolute atomic E-state index is 13.1. The number of nitrogens with zero attached hydrogens (tertiary/aromatic N) is 3. The van der Waals surface area contributed by atoms with Crippen LogP contribution >= 0.6 is 0 Å². The summed E-state index contributed by atoms with van der Waals surface area (Å²) in [5, 5.41) is 9.97. The van der Waals surface area contributed by atoms with Gasteiger partial charge in [0.05, 0.1) is 5.92 Å². The average Bonchev–Trinajstić information content (AvgIpc) is 3.04. The number of fused-ring (bicyclic) bond motifs is 6. The van der Waals surface area contributed by atoms with Crippen LogP contribution in [-0.4, -0.2) is 58.1 Å². The van der Waals surface area contributed by atoms with Crippen molar-refractivity contribution in [3.63, 3.8) is 0 Å². The molecule has 2 unspecified atom stereocenters. The predicted octanol–water partition coefficient (Wildman–Crippen LogP) is 2.18. The lowest BCUT2D eigenvalue weighted by Crippen LogP contribution is -2.36. The van der Waals surface area contributed by atoms with Crippen molar-refractivity contribution < 1.29 is 14.8 Å². The SMILES string of the molecule is CN1CCN2Cc3c(c4ccccc4n3Cc3ccc(C(=O)NO)cc3)C(C2)C1=O. The van der Waals surface area contributed by atoms with Crippen molar-refractivity contribution in [1.82, 2.24) is 19.8 Å². The summed E-state index contributed by atoms with van der Waals surface area (Å²) in [6.07, 6.45) is 0. The number of aromatic nitrogens is 1. The molecule has 0 saturated carbocycles. The number of carbonyl (C=O) groups excluding carboxylic acids is 2. The number of rotatable bonds is 3. The molecular weight excluding hydrogens is 380 g/mol. The van der Waals surface area contributed by atoms with Gasteiger partial charge in [0.25, 0.3) is 5.91 Å². The first kappa shape index (κ1) is 18.8. The Morgan fingerprint density at radius 3 is 2.67 bits per heavy atom. The Hall–Kier alpha value is -3.16. The van der Waals surface area contributed by atoms with Crippen LogP contribution in [0, 0.1) is 0 Å². The smallest absolute Gasteiger partial charge is 0.274 e. The first-order valence-corrected chi connectivity index (χ1v) is 10.2. The molecule has 1 aromatic heterocycles. The number of hydrogen-bond acceptors (Lipinski definition) is 4. The summed E-state index contributed by atoms with van der Waals surface area (Å²) >= 11 is 0. The highest BCUT2D eigenvalue weighted by Gasteiger charge is 2.38. The van der Waals surface area contributed by atoms with Crippen LogP contribution in [0.25, 0.3) is 10.9 Å². The minimum atomic E-state index is -0.523. The molecule has 2 atom stereocenters. The second-order valence-electron chi connectivity index (χ2n) is 8.15. The van der Waals surface area contributed by atoms with E-state index in [-0.39, 0.29) is 11.8 Å². The van der Waals surface area contributed by atoms with Gasteiger partial charge in [0.2, 0.25) is 5.91 Å². The van der Waals surface area contributed by atoms with E-state index in [4.69, 9.17) is 5.21 Å². The van der Waals surface area contributed by atoms with Gasteiger partial charge in [0.15, 0.2) is 0 Å². The monoisotopic (exact) mass is 404 g/mol. The molecule has 3 aromatic rings. The minimum absolute atomic E-state index is 0.136. The number of likely N-dealkylation sites (N-methyl/N-ethyl adjacent to an activating group) is 1. The van der Waals surface area contributed by atoms with Gasteiger partial charge in [0.1, 0.15) is 0 Å². The number of carbonyl (C=O) groups is 2. The van der Waals surface area contributed by atoms with Crippen molar-refractivity contribution in [2.45, 2.75) is 19.0 Å². The third kappa shape index (κ3) is 2.98. The summed E-state index contributed by atoms with van der Waals surface area (Å²) in [6, 6.07) is 15.5. The highest BCUT2D eigenvalue weighted by Crippen LogP contribution is 2.39. The maximum atomic E-state index is 13.1. The molecule has 1 saturated heterocycles. The van der Waals surface area contributed by atoms with Crippen molar-refractivity contribution in [3.8, 4) is 0 Å². The van der Waals surface area contributed by atoms with Crippen LogP contribution in [0.15, 0.2) is 48.5 Å². The fourth-order valence-electron chi connectivity index (χ4n) is 4.80. The molecule has 2 aliphatic heterocycles. The van der Waals surface area contributed by atoms with Crippen LogP contribution < -0.4 is 5.48 Å². The largest absolute Gasteiger partial charge is 0.344 e. The number of amides is 2. The number of benzene rings is 2. The van der Waals surface area contributed by atoms with Crippen molar-refractivity contribution in [2.75, 3.05) is 26.7 Å². The van der Waals surface area contributed by atoms with Crippen LogP contribution in [-0.2, 0) is 17.9 Å². The van der Waals surface area contributed by atoms with E-state index < -0.39 is 5.91 Å². The molecule has 7 heteroatoms. The molecule has 2 aromatic carbocycles. The third-order valence-corrected chi connectivity index (χ3v) is 6.37. The van der Waals surface area contributed by atoms with E-state index in [9.17, 15) is 9.59 Å². The van der Waals surface area contributed by atoms with Gasteiger partial charge >= 0.3 is 0 Å². The summed E-state index contributed by atoms with van der Waals surface area (Å²) in [7, 11) is 1.90. The molecule has 154 valence electrons. The Bertz CT molecular complexity index is 1140. The molecule has 3 heterocycles. The van der Waals surface area contributed by atoms with Gasteiger partial charge in [-0.3, -0.25) is 19.7 Å². The second kappa shape index (κ2) is 7.27. The summed E-state index contributed by atoms with van der Waals surface area (Å²) < 4.78 is 2.31. The molecule has 0 radical (unpaired) electrons. The zero-order chi connectivity index (χ0) is 20.8. The Morgan fingerprint density at radius 1 is 1.13 bits per heavy atom. The molecule has 5 rings (SSSR count). The van der Waals surface area contributed by atoms with Crippen LogP contribution in [0.4, 0.5) is 0 Å². The van der Waals surface area contributed by atoms with Crippen LogP contribution in [0.5, 0.6) is 0 Å². The quantitative estimate of drug-likeness (QED) is 0.518. The van der Waals surface area contributed by atoms with E-state index in [0.717, 1.165) is 48.2 Å². The summed E-state index contributed by atoms with van der Waals surface area (Å²) in [6.45, 7) is 3.89. The second-order valence-corrected chi connectivity index (χ2v) is 8.15. The van der Waals surface area contributed by atoms with Gasteiger partial charge in [-0.05, 0) is 29.3 Å². The average molecular weight is 404 g/mol.